The van der Waals surface area contributed by atoms with Gasteiger partial charge in [0.25, 0.3) is 0 Å². The first-order valence-electron chi connectivity index (χ1n) is 5.70. The summed E-state index contributed by atoms with van der Waals surface area (Å²) in [5.41, 5.74) is 0. The van der Waals surface area contributed by atoms with E-state index in [1.165, 1.54) is 18.7 Å². The third-order valence-corrected chi connectivity index (χ3v) is 2.83. The molecule has 82 valence electrons. The lowest BCUT2D eigenvalue weighted by atomic mass is 10.4. The molecule has 0 saturated heterocycles. The Balaban J connectivity index is 2.27. The van der Waals surface area contributed by atoms with Crippen LogP contribution in [0.5, 0.6) is 0 Å². The molecule has 0 unspecified atom stereocenters. The highest BCUT2D eigenvalue weighted by atomic mass is 16.5. The lowest BCUT2D eigenvalue weighted by molar-refractivity contribution is -0.560. The monoisotopic (exact) mass is 199 g/mol. The molecule has 0 aromatic carbocycles. The van der Waals surface area contributed by atoms with Gasteiger partial charge in [0.05, 0.1) is 13.2 Å². The summed E-state index contributed by atoms with van der Waals surface area (Å²) in [5, 5.41) is 0. The largest absolute Gasteiger partial charge is 0.342 e. The number of hydrogen-bond acceptors (Lipinski definition) is 2. The maximum Gasteiger partial charge on any atom is 0.245 e. The van der Waals surface area contributed by atoms with Crippen LogP contribution in [-0.2, 0) is 4.74 Å². The van der Waals surface area contributed by atoms with E-state index in [0.717, 1.165) is 33.0 Å². The summed E-state index contributed by atoms with van der Waals surface area (Å²) in [6, 6.07) is 0. The second-order valence-corrected chi connectivity index (χ2v) is 3.78. The van der Waals surface area contributed by atoms with E-state index in [0.29, 0.717) is 0 Å². The number of unbranched alkanes of at least 4 members (excludes halogenated alkanes) is 1. The van der Waals surface area contributed by atoms with Gasteiger partial charge >= 0.3 is 0 Å². The second-order valence-electron chi connectivity index (χ2n) is 3.78. The second kappa shape index (κ2) is 6.02. The SMILES string of the molecule is CCCCOC[N+]1=C(C)N(CC)CC1. The van der Waals surface area contributed by atoms with Crippen LogP contribution in [0.4, 0.5) is 0 Å². The predicted molar refractivity (Wildman–Crippen MR) is 58.8 cm³/mol. The highest BCUT2D eigenvalue weighted by molar-refractivity contribution is 5.75. The van der Waals surface area contributed by atoms with Crippen molar-refractivity contribution in [2.24, 2.45) is 0 Å². The molecule has 0 N–H and O–H groups in total. The minimum Gasteiger partial charge on any atom is -0.342 e. The highest BCUT2D eigenvalue weighted by Gasteiger charge is 2.24. The molecule has 0 aromatic heterocycles. The Bertz CT molecular complexity index is 201. The van der Waals surface area contributed by atoms with Crippen LogP contribution in [0.15, 0.2) is 0 Å². The zero-order chi connectivity index (χ0) is 10.4. The molecule has 0 saturated carbocycles. The van der Waals surface area contributed by atoms with Gasteiger partial charge in [0.1, 0.15) is 13.1 Å². The fourth-order valence-corrected chi connectivity index (χ4v) is 1.73. The molecule has 0 bridgehead atoms. The molecule has 1 rings (SSSR count). The van der Waals surface area contributed by atoms with Crippen LogP contribution in [0.2, 0.25) is 0 Å². The van der Waals surface area contributed by atoms with Crippen LogP contribution >= 0.6 is 0 Å². The molecule has 0 aromatic rings. The maximum absolute atomic E-state index is 5.60. The Hall–Kier alpha value is -0.570. The van der Waals surface area contributed by atoms with Gasteiger partial charge < -0.3 is 4.74 Å². The van der Waals surface area contributed by atoms with Gasteiger partial charge in [0, 0.05) is 6.92 Å². The molecule has 0 atom stereocenters. The molecule has 0 fully saturated rings. The van der Waals surface area contributed by atoms with E-state index in [2.05, 4.69) is 30.2 Å². The normalized spacial score (nSPS) is 16.9. The van der Waals surface area contributed by atoms with E-state index in [4.69, 9.17) is 4.74 Å². The maximum atomic E-state index is 5.60. The molecule has 0 radical (unpaired) electrons. The topological polar surface area (TPSA) is 15.5 Å². The lowest BCUT2D eigenvalue weighted by Crippen LogP contribution is -2.27. The molecular weight excluding hydrogens is 176 g/mol. The summed E-state index contributed by atoms with van der Waals surface area (Å²) in [6.45, 7) is 11.6. The van der Waals surface area contributed by atoms with Crippen molar-refractivity contribution in [2.75, 3.05) is 33.0 Å². The number of hydrogen-bond donors (Lipinski definition) is 0. The molecule has 1 heterocycles. The average molecular weight is 199 g/mol. The molecule has 0 spiro atoms. The molecule has 1 aliphatic rings. The summed E-state index contributed by atoms with van der Waals surface area (Å²) in [4.78, 5) is 2.39. The number of nitrogens with zero attached hydrogens (tertiary/aromatic N) is 2. The Kier molecular flexibility index (Phi) is 4.94. The summed E-state index contributed by atoms with van der Waals surface area (Å²) >= 11 is 0. The van der Waals surface area contributed by atoms with Gasteiger partial charge in [-0.3, -0.25) is 4.90 Å². The van der Waals surface area contributed by atoms with E-state index >= 15 is 0 Å². The molecule has 14 heavy (non-hydrogen) atoms. The first-order chi connectivity index (χ1) is 6.79. The van der Waals surface area contributed by atoms with Gasteiger partial charge in [0.2, 0.25) is 5.84 Å². The zero-order valence-electron chi connectivity index (χ0n) is 9.75. The van der Waals surface area contributed by atoms with Crippen molar-refractivity contribution in [1.82, 2.24) is 4.90 Å². The van der Waals surface area contributed by atoms with Crippen LogP contribution in [0.1, 0.15) is 33.6 Å². The fraction of sp³-hybridized carbons (Fsp3) is 0.909. The Labute approximate surface area is 87.4 Å². The van der Waals surface area contributed by atoms with Crippen molar-refractivity contribution in [1.29, 1.82) is 0 Å². The fourth-order valence-electron chi connectivity index (χ4n) is 1.73. The van der Waals surface area contributed by atoms with Gasteiger partial charge in [-0.1, -0.05) is 13.3 Å². The average Bonchev–Trinajstić information content (AvgIpc) is 2.55. The number of rotatable bonds is 6. The Morgan fingerprint density at radius 2 is 2.21 bits per heavy atom. The van der Waals surface area contributed by atoms with Crippen molar-refractivity contribution in [3.8, 4) is 0 Å². The van der Waals surface area contributed by atoms with Crippen molar-refractivity contribution in [3.05, 3.63) is 0 Å². The van der Waals surface area contributed by atoms with Crippen molar-refractivity contribution >= 4 is 5.84 Å². The van der Waals surface area contributed by atoms with E-state index in [1.54, 1.807) is 0 Å². The van der Waals surface area contributed by atoms with Crippen molar-refractivity contribution in [2.45, 2.75) is 33.6 Å². The van der Waals surface area contributed by atoms with Crippen molar-refractivity contribution < 1.29 is 9.31 Å². The van der Waals surface area contributed by atoms with E-state index < -0.39 is 0 Å². The molecule has 3 nitrogen and oxygen atoms in total. The third kappa shape index (κ3) is 2.98. The Morgan fingerprint density at radius 3 is 2.79 bits per heavy atom. The third-order valence-electron chi connectivity index (χ3n) is 2.83. The number of amidine groups is 1. The molecular formula is C11H23N2O+. The van der Waals surface area contributed by atoms with Gasteiger partial charge in [-0.25, -0.2) is 4.58 Å². The lowest BCUT2D eigenvalue weighted by Gasteiger charge is -2.07. The minimum atomic E-state index is 0.766. The summed E-state index contributed by atoms with van der Waals surface area (Å²) < 4.78 is 7.92. The smallest absolute Gasteiger partial charge is 0.245 e. The van der Waals surface area contributed by atoms with Crippen LogP contribution in [0, 0.1) is 0 Å². The first kappa shape index (κ1) is 11.5. The van der Waals surface area contributed by atoms with Crippen LogP contribution in [-0.4, -0.2) is 48.3 Å². The zero-order valence-corrected chi connectivity index (χ0v) is 9.75. The molecule has 1 aliphatic heterocycles. The van der Waals surface area contributed by atoms with E-state index in [9.17, 15) is 0 Å². The van der Waals surface area contributed by atoms with E-state index in [-0.39, 0.29) is 0 Å². The summed E-state index contributed by atoms with van der Waals surface area (Å²) in [5.74, 6) is 1.36. The number of ether oxygens (including phenoxy) is 1. The van der Waals surface area contributed by atoms with Gasteiger partial charge in [-0.05, 0) is 13.3 Å². The first-order valence-corrected chi connectivity index (χ1v) is 5.70. The van der Waals surface area contributed by atoms with Gasteiger partial charge in [0.15, 0.2) is 6.73 Å². The number of likely N-dealkylation sites (N-methyl/N-ethyl adjacent to an activating group) is 1. The predicted octanol–water partition coefficient (Wildman–Crippen LogP) is 1.53. The van der Waals surface area contributed by atoms with Gasteiger partial charge in [-0.15, -0.1) is 0 Å². The van der Waals surface area contributed by atoms with Crippen LogP contribution < -0.4 is 0 Å². The Morgan fingerprint density at radius 1 is 1.43 bits per heavy atom. The standard InChI is InChI=1S/C11H23N2O/c1-4-6-9-14-10-13-8-7-12(5-2)11(13)3/h4-10H2,1-3H3/q+1. The van der Waals surface area contributed by atoms with Crippen molar-refractivity contribution in [3.63, 3.8) is 0 Å². The molecule has 0 aliphatic carbocycles. The highest BCUT2D eigenvalue weighted by Crippen LogP contribution is 2.01. The van der Waals surface area contributed by atoms with Gasteiger partial charge in [-0.2, -0.15) is 0 Å². The minimum absolute atomic E-state index is 0.766. The van der Waals surface area contributed by atoms with Crippen LogP contribution in [0.25, 0.3) is 0 Å². The summed E-state index contributed by atoms with van der Waals surface area (Å²) in [7, 11) is 0. The quantitative estimate of drug-likeness (QED) is 0.476. The summed E-state index contributed by atoms with van der Waals surface area (Å²) in [6.07, 6.45) is 2.38. The van der Waals surface area contributed by atoms with E-state index in [1.807, 2.05) is 0 Å². The van der Waals surface area contributed by atoms with Crippen LogP contribution in [0.3, 0.4) is 0 Å². The molecule has 3 heteroatoms. The molecule has 0 amide bonds.